The molecule has 1 amide bonds. The third-order valence-corrected chi connectivity index (χ3v) is 7.41. The van der Waals surface area contributed by atoms with Crippen molar-refractivity contribution < 1.29 is 17.9 Å². The predicted octanol–water partition coefficient (Wildman–Crippen LogP) is 2.54. The van der Waals surface area contributed by atoms with Crippen molar-refractivity contribution in [1.29, 1.82) is 0 Å². The van der Waals surface area contributed by atoms with Gasteiger partial charge in [-0.2, -0.15) is 0 Å². The minimum atomic E-state index is -3.26. The van der Waals surface area contributed by atoms with Crippen LogP contribution in [0.1, 0.15) is 33.8 Å². The van der Waals surface area contributed by atoms with Crippen LogP contribution in [0, 0.1) is 0 Å². The zero-order chi connectivity index (χ0) is 17.9. The normalized spacial score (nSPS) is 20.0. The molecule has 0 aliphatic carbocycles. The van der Waals surface area contributed by atoms with E-state index >= 15 is 0 Å². The Balaban J connectivity index is 1.74. The smallest absolute Gasteiger partial charge is 0.255 e. The third-order valence-electron chi connectivity index (χ3n) is 4.16. The average Bonchev–Trinajstić information content (AvgIpc) is 3.07. The lowest BCUT2D eigenvalue weighted by molar-refractivity contribution is 0.0766. The molecule has 0 spiro atoms. The lowest BCUT2D eigenvalue weighted by atomic mass is 10.2. The summed E-state index contributed by atoms with van der Waals surface area (Å²) in [6.45, 7) is 2.99. The highest BCUT2D eigenvalue weighted by atomic mass is 32.2. The van der Waals surface area contributed by atoms with Crippen LogP contribution in [-0.2, 0) is 9.84 Å². The summed E-state index contributed by atoms with van der Waals surface area (Å²) in [5.41, 5.74) is 0.440. The first-order valence-electron chi connectivity index (χ1n) is 8.14. The zero-order valence-corrected chi connectivity index (χ0v) is 15.6. The molecule has 3 heterocycles. The third kappa shape index (κ3) is 4.01. The molecule has 1 fully saturated rings. The molecule has 2 aromatic heterocycles. The average molecular weight is 380 g/mol. The van der Waals surface area contributed by atoms with Gasteiger partial charge in [-0.05, 0) is 30.9 Å². The van der Waals surface area contributed by atoms with Crippen molar-refractivity contribution in [2.75, 3.05) is 25.4 Å². The van der Waals surface area contributed by atoms with Crippen LogP contribution < -0.4 is 4.74 Å². The van der Waals surface area contributed by atoms with Crippen LogP contribution in [0.5, 0.6) is 5.88 Å². The van der Waals surface area contributed by atoms with Gasteiger partial charge in [0.15, 0.2) is 9.84 Å². The quantitative estimate of drug-likeness (QED) is 0.815. The number of pyridine rings is 1. The number of amides is 1. The van der Waals surface area contributed by atoms with Crippen LogP contribution in [0.25, 0.3) is 0 Å². The number of rotatable bonds is 4. The second-order valence-corrected chi connectivity index (χ2v) is 9.05. The molecule has 2 aromatic rings. The Morgan fingerprint density at radius 1 is 1.36 bits per heavy atom. The van der Waals surface area contributed by atoms with Crippen LogP contribution in [0.2, 0.25) is 0 Å². The number of carbonyl (C=O) groups is 1. The molecule has 0 aromatic carbocycles. The largest absolute Gasteiger partial charge is 0.478 e. The standard InChI is InChI=1S/C17H20N2O4S2/c1-2-23-16-6-5-13(12-18-16)17(20)19-8-7-15(14-4-3-10-24-14)25(21,22)11-9-19/h3-6,10,12,15H,2,7-9,11H2,1H3. The van der Waals surface area contributed by atoms with Gasteiger partial charge in [-0.1, -0.05) is 6.07 Å². The summed E-state index contributed by atoms with van der Waals surface area (Å²) in [7, 11) is -3.26. The van der Waals surface area contributed by atoms with E-state index in [-0.39, 0.29) is 18.2 Å². The molecular weight excluding hydrogens is 360 g/mol. The molecule has 1 unspecified atom stereocenters. The molecule has 8 heteroatoms. The molecule has 25 heavy (non-hydrogen) atoms. The van der Waals surface area contributed by atoms with Crippen LogP contribution >= 0.6 is 11.3 Å². The van der Waals surface area contributed by atoms with Gasteiger partial charge in [0, 0.05) is 30.2 Å². The number of ether oxygens (including phenoxy) is 1. The molecule has 0 radical (unpaired) electrons. The summed E-state index contributed by atoms with van der Waals surface area (Å²) in [5.74, 6) is 0.249. The maximum atomic E-state index is 12.7. The molecule has 1 saturated heterocycles. The van der Waals surface area contributed by atoms with E-state index in [2.05, 4.69) is 4.98 Å². The van der Waals surface area contributed by atoms with Gasteiger partial charge in [0.25, 0.3) is 5.91 Å². The van der Waals surface area contributed by atoms with Gasteiger partial charge in [0.05, 0.1) is 23.2 Å². The fourth-order valence-corrected chi connectivity index (χ4v) is 5.87. The monoisotopic (exact) mass is 380 g/mol. The topological polar surface area (TPSA) is 76.6 Å². The van der Waals surface area contributed by atoms with Gasteiger partial charge < -0.3 is 9.64 Å². The van der Waals surface area contributed by atoms with Crippen molar-refractivity contribution in [2.45, 2.75) is 18.6 Å². The van der Waals surface area contributed by atoms with Gasteiger partial charge >= 0.3 is 0 Å². The Morgan fingerprint density at radius 3 is 2.84 bits per heavy atom. The number of sulfone groups is 1. The van der Waals surface area contributed by atoms with Crippen molar-refractivity contribution in [3.05, 3.63) is 46.3 Å². The van der Waals surface area contributed by atoms with Crippen molar-refractivity contribution in [3.8, 4) is 5.88 Å². The van der Waals surface area contributed by atoms with Crippen LogP contribution in [0.15, 0.2) is 35.8 Å². The van der Waals surface area contributed by atoms with Gasteiger partial charge in [-0.25, -0.2) is 13.4 Å². The molecule has 3 rings (SSSR count). The maximum absolute atomic E-state index is 12.7. The summed E-state index contributed by atoms with van der Waals surface area (Å²) in [4.78, 5) is 19.2. The maximum Gasteiger partial charge on any atom is 0.255 e. The molecular formula is C17H20N2O4S2. The summed E-state index contributed by atoms with van der Waals surface area (Å²) in [5, 5.41) is 1.35. The summed E-state index contributed by atoms with van der Waals surface area (Å²) in [6, 6.07) is 7.02. The molecule has 0 bridgehead atoms. The van der Waals surface area contributed by atoms with Gasteiger partial charge in [-0.3, -0.25) is 4.79 Å². The lowest BCUT2D eigenvalue weighted by Crippen LogP contribution is -2.33. The predicted molar refractivity (Wildman–Crippen MR) is 96.8 cm³/mol. The van der Waals surface area contributed by atoms with Crippen LogP contribution in [-0.4, -0.2) is 49.7 Å². The molecule has 1 aliphatic rings. The summed E-state index contributed by atoms with van der Waals surface area (Å²) >= 11 is 1.45. The number of hydrogen-bond acceptors (Lipinski definition) is 6. The van der Waals surface area contributed by atoms with E-state index in [1.165, 1.54) is 17.5 Å². The fourth-order valence-electron chi connectivity index (χ4n) is 2.86. The van der Waals surface area contributed by atoms with Gasteiger partial charge in [0.2, 0.25) is 5.88 Å². The minimum absolute atomic E-state index is 0.0221. The van der Waals surface area contributed by atoms with E-state index in [4.69, 9.17) is 4.74 Å². The Hall–Kier alpha value is -1.93. The van der Waals surface area contributed by atoms with Gasteiger partial charge in [0.1, 0.15) is 0 Å². The number of nitrogens with zero attached hydrogens (tertiary/aromatic N) is 2. The van der Waals surface area contributed by atoms with Crippen molar-refractivity contribution in [2.24, 2.45) is 0 Å². The van der Waals surface area contributed by atoms with Crippen molar-refractivity contribution in [3.63, 3.8) is 0 Å². The first-order chi connectivity index (χ1) is 12.0. The number of hydrogen-bond donors (Lipinski definition) is 0. The summed E-state index contributed by atoms with van der Waals surface area (Å²) in [6.07, 6.45) is 1.89. The van der Waals surface area contributed by atoms with Crippen LogP contribution in [0.3, 0.4) is 0 Å². The molecule has 1 atom stereocenters. The number of carbonyl (C=O) groups excluding carboxylic acids is 1. The highest BCUT2D eigenvalue weighted by Gasteiger charge is 2.33. The number of thiophene rings is 1. The van der Waals surface area contributed by atoms with E-state index < -0.39 is 15.1 Å². The van der Waals surface area contributed by atoms with Crippen molar-refractivity contribution >= 4 is 27.1 Å². The van der Waals surface area contributed by atoms with E-state index in [0.717, 1.165) is 4.88 Å². The Labute approximate surface area is 151 Å². The number of aromatic nitrogens is 1. The molecule has 6 nitrogen and oxygen atoms in total. The van der Waals surface area contributed by atoms with Crippen molar-refractivity contribution in [1.82, 2.24) is 9.88 Å². The van der Waals surface area contributed by atoms with E-state index in [9.17, 15) is 13.2 Å². The second kappa shape index (κ2) is 7.53. The first kappa shape index (κ1) is 17.9. The van der Waals surface area contributed by atoms with E-state index in [0.29, 0.717) is 31.0 Å². The zero-order valence-electron chi connectivity index (χ0n) is 13.9. The highest BCUT2D eigenvalue weighted by molar-refractivity contribution is 7.91. The van der Waals surface area contributed by atoms with Crippen LogP contribution in [0.4, 0.5) is 0 Å². The molecule has 0 N–H and O–H groups in total. The molecule has 0 saturated carbocycles. The Bertz CT molecular complexity index is 817. The molecule has 1 aliphatic heterocycles. The van der Waals surface area contributed by atoms with E-state index in [1.807, 2.05) is 24.4 Å². The summed E-state index contributed by atoms with van der Waals surface area (Å²) < 4.78 is 30.4. The Kier molecular flexibility index (Phi) is 5.39. The lowest BCUT2D eigenvalue weighted by Gasteiger charge is -2.19. The Morgan fingerprint density at radius 2 is 2.20 bits per heavy atom. The highest BCUT2D eigenvalue weighted by Crippen LogP contribution is 2.32. The molecule has 134 valence electrons. The fraction of sp³-hybridized carbons (Fsp3) is 0.412. The SMILES string of the molecule is CCOc1ccc(C(=O)N2CCC(c3cccs3)S(=O)(=O)CC2)cn1. The van der Waals surface area contributed by atoms with E-state index in [1.54, 1.807) is 17.0 Å². The second-order valence-electron chi connectivity index (χ2n) is 5.77. The van der Waals surface area contributed by atoms with Gasteiger partial charge in [-0.15, -0.1) is 11.3 Å². The first-order valence-corrected chi connectivity index (χ1v) is 10.7. The minimum Gasteiger partial charge on any atom is -0.478 e.